The van der Waals surface area contributed by atoms with Crippen molar-refractivity contribution in [2.75, 3.05) is 5.73 Å². The molecule has 0 spiro atoms. The van der Waals surface area contributed by atoms with E-state index in [2.05, 4.69) is 25.9 Å². The normalized spacial score (nSPS) is 9.93. The quantitative estimate of drug-likeness (QED) is 0.849. The summed E-state index contributed by atoms with van der Waals surface area (Å²) < 4.78 is 6.21. The summed E-state index contributed by atoms with van der Waals surface area (Å²) in [6.45, 7) is 0. The van der Waals surface area contributed by atoms with Crippen molar-refractivity contribution in [3.8, 4) is 11.6 Å². The van der Waals surface area contributed by atoms with Crippen LogP contribution in [-0.2, 0) is 0 Å². The number of nitrogens with zero attached hydrogens (tertiary/aromatic N) is 2. The minimum absolute atomic E-state index is 0.447. The summed E-state index contributed by atoms with van der Waals surface area (Å²) in [6.07, 6.45) is 3.03. The highest BCUT2D eigenvalue weighted by Crippen LogP contribution is 2.29. The molecule has 1 heterocycles. The molecule has 2 rings (SSSR count). The number of aromatic nitrogens is 2. The van der Waals surface area contributed by atoms with E-state index in [1.807, 2.05) is 12.1 Å². The molecule has 0 aliphatic rings. The molecule has 2 N–H and O–H groups in total. The summed E-state index contributed by atoms with van der Waals surface area (Å²) in [7, 11) is 0. The van der Waals surface area contributed by atoms with E-state index in [0.717, 1.165) is 0 Å². The molecule has 0 aliphatic heterocycles. The number of hydrogen-bond donors (Lipinski definition) is 1. The number of benzene rings is 1. The second-order valence-electron chi connectivity index (χ2n) is 2.82. The van der Waals surface area contributed by atoms with Crippen LogP contribution in [0.2, 0.25) is 0 Å². The van der Waals surface area contributed by atoms with Gasteiger partial charge in [-0.15, -0.1) is 0 Å². The number of rotatable bonds is 2. The predicted molar refractivity (Wildman–Crippen MR) is 60.7 cm³/mol. The Morgan fingerprint density at radius 3 is 2.80 bits per heavy atom. The molecule has 0 bridgehead atoms. The monoisotopic (exact) mass is 265 g/mol. The van der Waals surface area contributed by atoms with Crippen molar-refractivity contribution in [2.45, 2.75) is 0 Å². The van der Waals surface area contributed by atoms with E-state index in [9.17, 15) is 0 Å². The first-order valence-corrected chi connectivity index (χ1v) is 5.04. The number of nitrogens with two attached hydrogens (primary N) is 1. The summed E-state index contributed by atoms with van der Waals surface area (Å²) in [6, 6.07) is 7.24. The summed E-state index contributed by atoms with van der Waals surface area (Å²) in [5, 5.41) is 0. The molecule has 15 heavy (non-hydrogen) atoms. The molecule has 0 fully saturated rings. The first-order valence-electron chi connectivity index (χ1n) is 4.25. The molecule has 2 aromatic rings. The Morgan fingerprint density at radius 2 is 2.07 bits per heavy atom. The molecule has 76 valence electrons. The summed E-state index contributed by atoms with van der Waals surface area (Å²) in [4.78, 5) is 7.82. The van der Waals surface area contributed by atoms with Gasteiger partial charge in [0.15, 0.2) is 5.75 Å². The number of nitrogen functional groups attached to an aromatic ring is 1. The van der Waals surface area contributed by atoms with Gasteiger partial charge >= 0.3 is 0 Å². The first kappa shape index (κ1) is 9.92. The lowest BCUT2D eigenvalue weighted by molar-refractivity contribution is 0.460. The zero-order valence-electron chi connectivity index (χ0n) is 7.72. The van der Waals surface area contributed by atoms with Crippen LogP contribution < -0.4 is 10.5 Å². The van der Waals surface area contributed by atoms with Gasteiger partial charge in [-0.25, -0.2) is 9.97 Å². The first-order chi connectivity index (χ1) is 7.27. The van der Waals surface area contributed by atoms with Crippen molar-refractivity contribution in [2.24, 2.45) is 0 Å². The van der Waals surface area contributed by atoms with E-state index in [-0.39, 0.29) is 0 Å². The van der Waals surface area contributed by atoms with Crippen molar-refractivity contribution in [3.63, 3.8) is 0 Å². The molecule has 1 aromatic heterocycles. The van der Waals surface area contributed by atoms with Crippen LogP contribution in [0.4, 0.5) is 5.69 Å². The summed E-state index contributed by atoms with van der Waals surface area (Å²) in [5.41, 5.74) is 6.31. The highest BCUT2D eigenvalue weighted by molar-refractivity contribution is 9.10. The van der Waals surface area contributed by atoms with E-state index < -0.39 is 0 Å². The van der Waals surface area contributed by atoms with Gasteiger partial charge in [-0.05, 0) is 28.1 Å². The minimum Gasteiger partial charge on any atom is -0.436 e. The lowest BCUT2D eigenvalue weighted by Crippen LogP contribution is -1.94. The van der Waals surface area contributed by atoms with Gasteiger partial charge < -0.3 is 10.5 Å². The fourth-order valence-electron chi connectivity index (χ4n) is 1.05. The van der Waals surface area contributed by atoms with Gasteiger partial charge in [-0.3, -0.25) is 0 Å². The Morgan fingerprint density at radius 1 is 1.27 bits per heavy atom. The lowest BCUT2D eigenvalue weighted by Gasteiger charge is -2.07. The van der Waals surface area contributed by atoms with Gasteiger partial charge in [-0.1, -0.05) is 12.1 Å². The van der Waals surface area contributed by atoms with Crippen molar-refractivity contribution < 1.29 is 4.74 Å². The Labute approximate surface area is 95.2 Å². The maximum absolute atomic E-state index is 5.73. The Hall–Kier alpha value is -1.62. The van der Waals surface area contributed by atoms with Crippen LogP contribution in [-0.4, -0.2) is 9.97 Å². The molecule has 1 aromatic carbocycles. The van der Waals surface area contributed by atoms with Gasteiger partial charge in [-0.2, -0.15) is 0 Å². The van der Waals surface area contributed by atoms with E-state index in [4.69, 9.17) is 10.5 Å². The number of ether oxygens (including phenoxy) is 1. The average molecular weight is 266 g/mol. The molecule has 4 nitrogen and oxygen atoms in total. The lowest BCUT2D eigenvalue weighted by atomic mass is 10.3. The van der Waals surface area contributed by atoms with Crippen molar-refractivity contribution in [3.05, 3.63) is 41.3 Å². The number of anilines is 1. The molecular weight excluding hydrogens is 258 g/mol. The minimum atomic E-state index is 0.447. The highest BCUT2D eigenvalue weighted by Gasteiger charge is 2.05. The molecule has 0 aliphatic carbocycles. The average Bonchev–Trinajstić information content (AvgIpc) is 2.24. The van der Waals surface area contributed by atoms with Crippen LogP contribution in [0.15, 0.2) is 41.3 Å². The van der Waals surface area contributed by atoms with Crippen LogP contribution >= 0.6 is 15.9 Å². The number of halogens is 1. The maximum Gasteiger partial charge on any atom is 0.236 e. The van der Waals surface area contributed by atoms with Gasteiger partial charge in [0.05, 0.1) is 10.2 Å². The molecule has 5 heteroatoms. The van der Waals surface area contributed by atoms with Crippen molar-refractivity contribution in [1.82, 2.24) is 9.97 Å². The SMILES string of the molecule is Nc1ccccc1Oc1ncncc1Br. The third-order valence-corrected chi connectivity index (χ3v) is 2.30. The standard InChI is InChI=1S/C10H8BrN3O/c11-7-5-13-6-14-10(7)15-9-4-2-1-3-8(9)12/h1-6H,12H2. The fourth-order valence-corrected chi connectivity index (χ4v) is 1.36. The zero-order valence-corrected chi connectivity index (χ0v) is 9.31. The Balaban J connectivity index is 2.30. The number of para-hydroxylation sites is 2. The van der Waals surface area contributed by atoms with Crippen molar-refractivity contribution >= 4 is 21.6 Å². The molecule has 0 saturated carbocycles. The molecule has 0 radical (unpaired) electrons. The van der Waals surface area contributed by atoms with E-state index >= 15 is 0 Å². The largest absolute Gasteiger partial charge is 0.436 e. The van der Waals surface area contributed by atoms with Crippen LogP contribution in [0.5, 0.6) is 11.6 Å². The van der Waals surface area contributed by atoms with Crippen LogP contribution in [0.25, 0.3) is 0 Å². The van der Waals surface area contributed by atoms with Crippen LogP contribution in [0.1, 0.15) is 0 Å². The van der Waals surface area contributed by atoms with E-state index in [1.54, 1.807) is 18.3 Å². The maximum atomic E-state index is 5.73. The van der Waals surface area contributed by atoms with Crippen LogP contribution in [0.3, 0.4) is 0 Å². The predicted octanol–water partition coefficient (Wildman–Crippen LogP) is 2.61. The van der Waals surface area contributed by atoms with Gasteiger partial charge in [0.1, 0.15) is 6.33 Å². The Bertz CT molecular complexity index is 432. The zero-order chi connectivity index (χ0) is 10.7. The summed E-state index contributed by atoms with van der Waals surface area (Å²) >= 11 is 3.29. The molecule has 0 saturated heterocycles. The highest BCUT2D eigenvalue weighted by atomic mass is 79.9. The second kappa shape index (κ2) is 4.27. The third-order valence-electron chi connectivity index (χ3n) is 1.76. The summed E-state index contributed by atoms with van der Waals surface area (Å²) in [5.74, 6) is 1.03. The molecule has 0 unspecified atom stereocenters. The van der Waals surface area contributed by atoms with Gasteiger partial charge in [0.2, 0.25) is 5.88 Å². The number of hydrogen-bond acceptors (Lipinski definition) is 4. The molecule has 0 amide bonds. The van der Waals surface area contributed by atoms with Gasteiger partial charge in [0, 0.05) is 6.20 Å². The topological polar surface area (TPSA) is 61.0 Å². The Kier molecular flexibility index (Phi) is 2.82. The second-order valence-corrected chi connectivity index (χ2v) is 3.67. The van der Waals surface area contributed by atoms with Crippen molar-refractivity contribution in [1.29, 1.82) is 0 Å². The smallest absolute Gasteiger partial charge is 0.236 e. The van der Waals surface area contributed by atoms with E-state index in [1.165, 1.54) is 6.33 Å². The van der Waals surface area contributed by atoms with Gasteiger partial charge in [0.25, 0.3) is 0 Å². The molecule has 0 atom stereocenters. The third kappa shape index (κ3) is 2.24. The van der Waals surface area contributed by atoms with E-state index in [0.29, 0.717) is 21.8 Å². The molecular formula is C10H8BrN3O. The fraction of sp³-hybridized carbons (Fsp3) is 0. The van der Waals surface area contributed by atoms with Crippen LogP contribution in [0, 0.1) is 0 Å².